The number of nitrogens with zero attached hydrogens (tertiary/aromatic N) is 2. The zero-order chi connectivity index (χ0) is 24.0. The van der Waals surface area contributed by atoms with Crippen LogP contribution in [0.25, 0.3) is 0 Å². The van der Waals surface area contributed by atoms with Crippen molar-refractivity contribution in [3.63, 3.8) is 0 Å². The number of hydrogen-bond acceptors (Lipinski definition) is 4. The molecule has 0 aliphatic carbocycles. The van der Waals surface area contributed by atoms with Crippen LogP contribution in [-0.4, -0.2) is 56.3 Å². The van der Waals surface area contributed by atoms with Crippen LogP contribution in [0.3, 0.4) is 0 Å². The van der Waals surface area contributed by atoms with E-state index in [2.05, 4.69) is 0 Å². The summed E-state index contributed by atoms with van der Waals surface area (Å²) in [7, 11) is -3.55. The van der Waals surface area contributed by atoms with Gasteiger partial charge in [0.05, 0.1) is 12.4 Å². The molecule has 0 spiro atoms. The number of amides is 1. The van der Waals surface area contributed by atoms with Crippen molar-refractivity contribution in [1.82, 2.24) is 9.21 Å². The van der Waals surface area contributed by atoms with E-state index in [1.165, 1.54) is 0 Å². The number of carbonyl (C=O) groups is 1. The summed E-state index contributed by atoms with van der Waals surface area (Å²) in [6.45, 7) is 2.62. The zero-order valence-corrected chi connectivity index (χ0v) is 21.1. The maximum Gasteiger partial charge on any atom is 0.223 e. The van der Waals surface area contributed by atoms with Crippen LogP contribution in [-0.2, 0) is 20.6 Å². The molecule has 1 amide bonds. The highest BCUT2D eigenvalue weighted by Gasteiger charge is 2.42. The zero-order valence-electron chi connectivity index (χ0n) is 19.5. The van der Waals surface area contributed by atoms with E-state index in [1.54, 1.807) is 28.6 Å². The first kappa shape index (κ1) is 25.0. The van der Waals surface area contributed by atoms with Crippen LogP contribution < -0.4 is 4.74 Å². The summed E-state index contributed by atoms with van der Waals surface area (Å²) >= 11 is 5.96. The molecule has 0 radical (unpaired) electrons. The van der Waals surface area contributed by atoms with Crippen molar-refractivity contribution < 1.29 is 17.9 Å². The predicted molar refractivity (Wildman–Crippen MR) is 134 cm³/mol. The van der Waals surface area contributed by atoms with E-state index in [1.807, 2.05) is 35.2 Å². The number of carbonyl (C=O) groups excluding carboxylic acids is 1. The Morgan fingerprint density at radius 1 is 0.941 bits per heavy atom. The first-order valence-electron chi connectivity index (χ1n) is 12.0. The topological polar surface area (TPSA) is 66.9 Å². The summed E-state index contributed by atoms with van der Waals surface area (Å²) in [6.07, 6.45) is 4.97. The first-order chi connectivity index (χ1) is 16.4. The van der Waals surface area contributed by atoms with Gasteiger partial charge in [0.15, 0.2) is 0 Å². The van der Waals surface area contributed by atoms with Gasteiger partial charge in [0.25, 0.3) is 0 Å². The molecule has 2 aliphatic heterocycles. The molecule has 2 saturated heterocycles. The molecule has 0 N–H and O–H groups in total. The van der Waals surface area contributed by atoms with Crippen LogP contribution in [0.2, 0.25) is 5.02 Å². The van der Waals surface area contributed by atoms with E-state index in [4.69, 9.17) is 16.3 Å². The van der Waals surface area contributed by atoms with Gasteiger partial charge in [-0.1, -0.05) is 41.9 Å². The molecule has 0 aromatic heterocycles. The molecule has 4 rings (SSSR count). The molecule has 8 heteroatoms. The Kier molecular flexibility index (Phi) is 8.17. The summed E-state index contributed by atoms with van der Waals surface area (Å²) < 4.78 is 34.4. The van der Waals surface area contributed by atoms with Crippen LogP contribution in [0, 0.1) is 5.41 Å². The lowest BCUT2D eigenvalue weighted by molar-refractivity contribution is -0.136. The van der Waals surface area contributed by atoms with Crippen LogP contribution in [0.5, 0.6) is 5.75 Å². The average Bonchev–Trinajstić information content (AvgIpc) is 2.85. The molecule has 2 aromatic rings. The van der Waals surface area contributed by atoms with Crippen molar-refractivity contribution in [1.29, 1.82) is 0 Å². The van der Waals surface area contributed by atoms with Gasteiger partial charge in [-0.2, -0.15) is 0 Å². The third-order valence-electron chi connectivity index (χ3n) is 6.81. The van der Waals surface area contributed by atoms with Gasteiger partial charge in [0, 0.05) is 43.0 Å². The quantitative estimate of drug-likeness (QED) is 0.521. The minimum Gasteiger partial charge on any atom is -0.493 e. The molecule has 0 saturated carbocycles. The van der Waals surface area contributed by atoms with Gasteiger partial charge >= 0.3 is 0 Å². The molecule has 1 atom stereocenters. The lowest BCUT2D eigenvalue weighted by Gasteiger charge is -2.42. The van der Waals surface area contributed by atoms with Crippen LogP contribution in [0.15, 0.2) is 54.6 Å². The number of likely N-dealkylation sites (tertiary alicyclic amines) is 1. The molecule has 6 nitrogen and oxygen atoms in total. The van der Waals surface area contributed by atoms with E-state index in [0.717, 1.165) is 44.5 Å². The number of piperidine rings is 2. The molecule has 2 heterocycles. The molecule has 0 unspecified atom stereocenters. The van der Waals surface area contributed by atoms with E-state index >= 15 is 0 Å². The molecule has 2 aromatic carbocycles. The SMILES string of the molecule is O=C(C[C@@]1(COc2ccccc2)CCCN(S(=O)(=O)Cc2ccc(Cl)cc2)C1)N1CCCCC1. The summed E-state index contributed by atoms with van der Waals surface area (Å²) in [5.41, 5.74) is 0.140. The van der Waals surface area contributed by atoms with Gasteiger partial charge in [0.1, 0.15) is 5.75 Å². The van der Waals surface area contributed by atoms with Crippen LogP contribution in [0.1, 0.15) is 44.1 Å². The Balaban J connectivity index is 1.52. The first-order valence-corrected chi connectivity index (χ1v) is 14.0. The molecule has 34 heavy (non-hydrogen) atoms. The summed E-state index contributed by atoms with van der Waals surface area (Å²) in [5.74, 6) is 0.751. The minimum atomic E-state index is -3.55. The van der Waals surface area contributed by atoms with Crippen molar-refractivity contribution in [2.45, 2.75) is 44.3 Å². The Labute approximate surface area is 207 Å². The number of sulfonamides is 1. The van der Waals surface area contributed by atoms with Crippen molar-refractivity contribution in [2.24, 2.45) is 5.41 Å². The van der Waals surface area contributed by atoms with E-state index in [0.29, 0.717) is 36.6 Å². The fraction of sp³-hybridized carbons (Fsp3) is 0.500. The molecule has 184 valence electrons. The Bertz CT molecular complexity index is 1060. The maximum atomic E-state index is 13.3. The number of para-hydroxylation sites is 1. The van der Waals surface area contributed by atoms with E-state index in [-0.39, 0.29) is 18.2 Å². The Morgan fingerprint density at radius 2 is 1.65 bits per heavy atom. The average molecular weight is 505 g/mol. The third kappa shape index (κ3) is 6.52. The van der Waals surface area contributed by atoms with Gasteiger partial charge in [-0.3, -0.25) is 4.79 Å². The molecule has 2 fully saturated rings. The molecule has 2 aliphatic rings. The second-order valence-electron chi connectivity index (χ2n) is 9.54. The van der Waals surface area contributed by atoms with E-state index in [9.17, 15) is 13.2 Å². The second-order valence-corrected chi connectivity index (χ2v) is 11.9. The van der Waals surface area contributed by atoms with Gasteiger partial charge in [-0.25, -0.2) is 12.7 Å². The van der Waals surface area contributed by atoms with Gasteiger partial charge in [-0.05, 0) is 61.9 Å². The van der Waals surface area contributed by atoms with Crippen LogP contribution >= 0.6 is 11.6 Å². The fourth-order valence-electron chi connectivity index (χ4n) is 4.92. The molecule has 0 bridgehead atoms. The monoisotopic (exact) mass is 504 g/mol. The number of ether oxygens (including phenoxy) is 1. The highest BCUT2D eigenvalue weighted by Crippen LogP contribution is 2.37. The largest absolute Gasteiger partial charge is 0.493 e. The normalized spacial score (nSPS) is 21.9. The van der Waals surface area contributed by atoms with Crippen molar-refractivity contribution in [3.05, 3.63) is 65.2 Å². The fourth-order valence-corrected chi connectivity index (χ4v) is 6.72. The van der Waals surface area contributed by atoms with Gasteiger partial charge in [-0.15, -0.1) is 0 Å². The maximum absolute atomic E-state index is 13.3. The molecular formula is C26H33ClN2O4S. The summed E-state index contributed by atoms with van der Waals surface area (Å²) in [4.78, 5) is 15.2. The minimum absolute atomic E-state index is 0.0835. The smallest absolute Gasteiger partial charge is 0.223 e. The third-order valence-corrected chi connectivity index (χ3v) is 8.85. The predicted octanol–water partition coefficient (Wildman–Crippen LogP) is 4.73. The second kappa shape index (κ2) is 11.1. The number of hydrogen-bond donors (Lipinski definition) is 0. The summed E-state index contributed by atoms with van der Waals surface area (Å²) in [5, 5.41) is 0.576. The number of rotatable bonds is 8. The lowest BCUT2D eigenvalue weighted by Crippen LogP contribution is -2.51. The van der Waals surface area contributed by atoms with Crippen molar-refractivity contribution in [2.75, 3.05) is 32.8 Å². The highest BCUT2D eigenvalue weighted by atomic mass is 35.5. The van der Waals surface area contributed by atoms with Crippen molar-refractivity contribution >= 4 is 27.5 Å². The Morgan fingerprint density at radius 3 is 2.35 bits per heavy atom. The summed E-state index contributed by atoms with van der Waals surface area (Å²) in [6, 6.07) is 16.4. The lowest BCUT2D eigenvalue weighted by atomic mass is 9.78. The van der Waals surface area contributed by atoms with Crippen LogP contribution in [0.4, 0.5) is 0 Å². The van der Waals surface area contributed by atoms with E-state index < -0.39 is 15.4 Å². The van der Waals surface area contributed by atoms with Gasteiger partial charge < -0.3 is 9.64 Å². The molecular weight excluding hydrogens is 472 g/mol. The number of benzene rings is 2. The Hall–Kier alpha value is -2.09. The van der Waals surface area contributed by atoms with Gasteiger partial charge in [0.2, 0.25) is 15.9 Å². The standard InChI is InChI=1S/C26H33ClN2O4S/c27-23-12-10-22(11-13-23)19-34(31,32)29-17-7-14-26(20-29,21-33-24-8-3-1-4-9-24)18-25(30)28-15-5-2-6-16-28/h1,3-4,8-13H,2,5-7,14-21H2/t26-/m0/s1. The highest BCUT2D eigenvalue weighted by molar-refractivity contribution is 7.88. The number of halogens is 1. The van der Waals surface area contributed by atoms with Crippen molar-refractivity contribution in [3.8, 4) is 5.75 Å².